The number of hydrogen-bond acceptors (Lipinski definition) is 4. The predicted octanol–water partition coefficient (Wildman–Crippen LogP) is 3.81. The first-order chi connectivity index (χ1) is 12.7. The summed E-state index contributed by atoms with van der Waals surface area (Å²) in [5, 5.41) is 6.48. The molecule has 0 bridgehead atoms. The average molecular weight is 370 g/mol. The highest BCUT2D eigenvalue weighted by atomic mass is 35.5. The third kappa shape index (κ3) is 3.46. The number of H-pyrrole nitrogens is 1. The largest absolute Gasteiger partial charge is 0.371 e. The Morgan fingerprint density at radius 1 is 1.19 bits per heavy atom. The Morgan fingerprint density at radius 3 is 2.85 bits per heavy atom. The van der Waals surface area contributed by atoms with E-state index in [1.807, 2.05) is 18.2 Å². The SMILES string of the molecule is O=CNCc1ccc(Cl)c(Nc2nc3ccc(N4CCCC4)cc3[nH]2)c1. The van der Waals surface area contributed by atoms with Gasteiger partial charge in [-0.2, -0.15) is 0 Å². The topological polar surface area (TPSA) is 73.1 Å². The number of aromatic amines is 1. The molecule has 7 heteroatoms. The van der Waals surface area contributed by atoms with Gasteiger partial charge in [0.25, 0.3) is 0 Å². The van der Waals surface area contributed by atoms with Gasteiger partial charge in [-0.3, -0.25) is 4.79 Å². The molecule has 1 fully saturated rings. The lowest BCUT2D eigenvalue weighted by Crippen LogP contribution is -2.17. The molecule has 0 atom stereocenters. The zero-order valence-electron chi connectivity index (χ0n) is 14.3. The molecular formula is C19H20ClN5O. The van der Waals surface area contributed by atoms with Crippen LogP contribution >= 0.6 is 11.6 Å². The summed E-state index contributed by atoms with van der Waals surface area (Å²) in [7, 11) is 0. The molecule has 3 N–H and O–H groups in total. The Balaban J connectivity index is 1.58. The number of aromatic nitrogens is 2. The second-order valence-electron chi connectivity index (χ2n) is 6.42. The second kappa shape index (κ2) is 7.25. The zero-order valence-corrected chi connectivity index (χ0v) is 15.0. The van der Waals surface area contributed by atoms with Crippen LogP contribution in [0.5, 0.6) is 0 Å². The first-order valence-corrected chi connectivity index (χ1v) is 9.08. The number of nitrogens with zero attached hydrogens (tertiary/aromatic N) is 2. The third-order valence-electron chi connectivity index (χ3n) is 4.61. The van der Waals surface area contributed by atoms with Gasteiger partial charge in [-0.15, -0.1) is 0 Å². The molecule has 0 spiro atoms. The smallest absolute Gasteiger partial charge is 0.207 e. The molecule has 0 saturated carbocycles. The van der Waals surface area contributed by atoms with Gasteiger partial charge in [-0.1, -0.05) is 17.7 Å². The maximum absolute atomic E-state index is 10.5. The number of amides is 1. The van der Waals surface area contributed by atoms with E-state index < -0.39 is 0 Å². The van der Waals surface area contributed by atoms with Gasteiger partial charge in [0.1, 0.15) is 0 Å². The summed E-state index contributed by atoms with van der Waals surface area (Å²) in [6.07, 6.45) is 3.18. The number of hydrogen-bond donors (Lipinski definition) is 3. The van der Waals surface area contributed by atoms with E-state index in [4.69, 9.17) is 11.6 Å². The van der Waals surface area contributed by atoms with E-state index in [9.17, 15) is 4.79 Å². The fourth-order valence-electron chi connectivity index (χ4n) is 3.29. The van der Waals surface area contributed by atoms with Crippen molar-refractivity contribution in [3.8, 4) is 0 Å². The van der Waals surface area contributed by atoms with Crippen LogP contribution in [0.1, 0.15) is 18.4 Å². The van der Waals surface area contributed by atoms with Crippen LogP contribution in [0, 0.1) is 0 Å². The van der Waals surface area contributed by atoms with Gasteiger partial charge >= 0.3 is 0 Å². The zero-order chi connectivity index (χ0) is 17.9. The van der Waals surface area contributed by atoms with Crippen LogP contribution in [0.25, 0.3) is 11.0 Å². The van der Waals surface area contributed by atoms with Crippen LogP contribution in [0.15, 0.2) is 36.4 Å². The lowest BCUT2D eigenvalue weighted by Gasteiger charge is -2.17. The normalized spacial score (nSPS) is 14.0. The lowest BCUT2D eigenvalue weighted by atomic mass is 10.2. The van der Waals surface area contributed by atoms with Gasteiger partial charge < -0.3 is 20.5 Å². The molecule has 1 aliphatic heterocycles. The molecule has 1 amide bonds. The number of benzene rings is 2. The molecule has 0 aliphatic carbocycles. The fourth-order valence-corrected chi connectivity index (χ4v) is 3.46. The van der Waals surface area contributed by atoms with Crippen molar-refractivity contribution in [2.24, 2.45) is 0 Å². The molecular weight excluding hydrogens is 350 g/mol. The summed E-state index contributed by atoms with van der Waals surface area (Å²) in [6.45, 7) is 2.68. The van der Waals surface area contributed by atoms with Gasteiger partial charge in [-0.25, -0.2) is 4.98 Å². The summed E-state index contributed by atoms with van der Waals surface area (Å²) in [6, 6.07) is 11.9. The van der Waals surface area contributed by atoms with E-state index in [1.165, 1.54) is 18.5 Å². The Kier molecular flexibility index (Phi) is 4.67. The molecule has 134 valence electrons. The number of anilines is 3. The van der Waals surface area contributed by atoms with Crippen molar-refractivity contribution in [2.75, 3.05) is 23.3 Å². The van der Waals surface area contributed by atoms with Gasteiger partial charge in [0.05, 0.1) is 21.7 Å². The highest BCUT2D eigenvalue weighted by Crippen LogP contribution is 2.28. The maximum Gasteiger partial charge on any atom is 0.207 e. The van der Waals surface area contributed by atoms with Crippen molar-refractivity contribution in [1.29, 1.82) is 0 Å². The Hall–Kier alpha value is -2.73. The van der Waals surface area contributed by atoms with Crippen LogP contribution < -0.4 is 15.5 Å². The molecule has 6 nitrogen and oxygen atoms in total. The Bertz CT molecular complexity index is 933. The first kappa shape index (κ1) is 16.7. The monoisotopic (exact) mass is 369 g/mol. The molecule has 3 aromatic rings. The van der Waals surface area contributed by atoms with E-state index >= 15 is 0 Å². The molecule has 1 aliphatic rings. The quantitative estimate of drug-likeness (QED) is 0.578. The minimum atomic E-state index is 0.453. The second-order valence-corrected chi connectivity index (χ2v) is 6.83. The van der Waals surface area contributed by atoms with Crippen LogP contribution in [-0.2, 0) is 11.3 Å². The predicted molar refractivity (Wildman–Crippen MR) is 105 cm³/mol. The van der Waals surface area contributed by atoms with Crippen LogP contribution in [0.3, 0.4) is 0 Å². The molecule has 2 aromatic carbocycles. The fraction of sp³-hybridized carbons (Fsp3) is 0.263. The van der Waals surface area contributed by atoms with Gasteiger partial charge in [0.2, 0.25) is 12.4 Å². The van der Waals surface area contributed by atoms with Crippen molar-refractivity contribution in [1.82, 2.24) is 15.3 Å². The Labute approximate surface area is 156 Å². The minimum absolute atomic E-state index is 0.453. The average Bonchev–Trinajstić information content (AvgIpc) is 3.30. The van der Waals surface area contributed by atoms with Crippen molar-refractivity contribution < 1.29 is 4.79 Å². The van der Waals surface area contributed by atoms with E-state index in [1.54, 1.807) is 6.07 Å². The van der Waals surface area contributed by atoms with Crippen LogP contribution in [-0.4, -0.2) is 29.5 Å². The number of carbonyl (C=O) groups excluding carboxylic acids is 1. The van der Waals surface area contributed by atoms with Crippen molar-refractivity contribution in [3.63, 3.8) is 0 Å². The molecule has 0 radical (unpaired) electrons. The number of rotatable bonds is 6. The number of fused-ring (bicyclic) bond motifs is 1. The lowest BCUT2D eigenvalue weighted by molar-refractivity contribution is -0.109. The standard InChI is InChI=1S/C19H20ClN5O/c20-15-5-3-13(11-21-12-26)9-17(15)23-19-22-16-6-4-14(10-18(16)24-19)25-7-1-2-8-25/h3-6,9-10,12H,1-2,7-8,11H2,(H,21,26)(H2,22,23,24). The summed E-state index contributed by atoms with van der Waals surface area (Å²) in [5.41, 5.74) is 4.83. The summed E-state index contributed by atoms with van der Waals surface area (Å²) < 4.78 is 0. The maximum atomic E-state index is 10.5. The highest BCUT2D eigenvalue weighted by Gasteiger charge is 2.14. The highest BCUT2D eigenvalue weighted by molar-refractivity contribution is 6.33. The van der Waals surface area contributed by atoms with E-state index in [2.05, 4.69) is 37.6 Å². The van der Waals surface area contributed by atoms with Crippen LogP contribution in [0.2, 0.25) is 5.02 Å². The number of imidazole rings is 1. The van der Waals surface area contributed by atoms with Crippen molar-refractivity contribution >= 4 is 46.4 Å². The minimum Gasteiger partial charge on any atom is -0.371 e. The van der Waals surface area contributed by atoms with Gasteiger partial charge in [-0.05, 0) is 48.7 Å². The molecule has 4 rings (SSSR count). The summed E-state index contributed by atoms with van der Waals surface area (Å²) >= 11 is 6.29. The molecule has 26 heavy (non-hydrogen) atoms. The van der Waals surface area contributed by atoms with E-state index in [0.29, 0.717) is 23.9 Å². The van der Waals surface area contributed by atoms with Crippen molar-refractivity contribution in [2.45, 2.75) is 19.4 Å². The molecule has 0 unspecified atom stereocenters. The summed E-state index contributed by atoms with van der Waals surface area (Å²) in [5.74, 6) is 0.640. The number of carbonyl (C=O) groups is 1. The molecule has 1 saturated heterocycles. The van der Waals surface area contributed by atoms with E-state index in [-0.39, 0.29) is 0 Å². The van der Waals surface area contributed by atoms with Gasteiger partial charge in [0, 0.05) is 25.3 Å². The number of halogens is 1. The van der Waals surface area contributed by atoms with Gasteiger partial charge in [0.15, 0.2) is 0 Å². The van der Waals surface area contributed by atoms with E-state index in [0.717, 1.165) is 35.4 Å². The Morgan fingerprint density at radius 2 is 2.04 bits per heavy atom. The van der Waals surface area contributed by atoms with Crippen LogP contribution in [0.4, 0.5) is 17.3 Å². The number of nitrogens with one attached hydrogen (secondary N) is 3. The van der Waals surface area contributed by atoms with Crippen molar-refractivity contribution in [3.05, 3.63) is 47.0 Å². The first-order valence-electron chi connectivity index (χ1n) is 8.70. The summed E-state index contributed by atoms with van der Waals surface area (Å²) in [4.78, 5) is 20.8. The molecule has 1 aromatic heterocycles. The third-order valence-corrected chi connectivity index (χ3v) is 4.94. The molecule has 2 heterocycles.